The van der Waals surface area contributed by atoms with Crippen LogP contribution in [0.15, 0.2) is 60.7 Å². The van der Waals surface area contributed by atoms with E-state index in [2.05, 4.69) is 10.1 Å². The summed E-state index contributed by atoms with van der Waals surface area (Å²) in [7, 11) is 0. The number of H-pyrrole nitrogens is 1. The summed E-state index contributed by atoms with van der Waals surface area (Å²) in [5.74, 6) is 0.372. The van der Waals surface area contributed by atoms with Gasteiger partial charge in [-0.2, -0.15) is 31.4 Å². The molecule has 0 saturated heterocycles. The van der Waals surface area contributed by atoms with Gasteiger partial charge in [-0.1, -0.05) is 30.3 Å². The molecule has 2 aromatic carbocycles. The van der Waals surface area contributed by atoms with Crippen LogP contribution < -0.4 is 4.74 Å². The van der Waals surface area contributed by atoms with E-state index in [1.165, 1.54) is 18.2 Å². The molecule has 0 aliphatic heterocycles. The third-order valence-electron chi connectivity index (χ3n) is 4.58. The van der Waals surface area contributed by atoms with Gasteiger partial charge in [0.25, 0.3) is 0 Å². The van der Waals surface area contributed by atoms with Gasteiger partial charge in [0.1, 0.15) is 13.2 Å². The summed E-state index contributed by atoms with van der Waals surface area (Å²) in [5.41, 5.74) is 0.472. The number of aromatic amines is 1. The lowest BCUT2D eigenvalue weighted by atomic mass is 10.1. The van der Waals surface area contributed by atoms with Gasteiger partial charge in [-0.05, 0) is 24.3 Å². The van der Waals surface area contributed by atoms with Crippen LogP contribution in [0.5, 0.6) is 5.88 Å². The Kier molecular flexibility index (Phi) is 5.16. The molecule has 31 heavy (non-hydrogen) atoms. The monoisotopic (exact) mass is 439 g/mol. The van der Waals surface area contributed by atoms with Crippen molar-refractivity contribution in [2.45, 2.75) is 25.5 Å². The van der Waals surface area contributed by atoms with Crippen LogP contribution in [0.4, 0.5) is 26.3 Å². The maximum Gasteiger partial charge on any atom is 0.416 e. The number of nitrogens with zero attached hydrogens (tertiary/aromatic N) is 2. The predicted molar refractivity (Wildman–Crippen MR) is 101 cm³/mol. The van der Waals surface area contributed by atoms with Crippen molar-refractivity contribution in [3.63, 3.8) is 0 Å². The van der Waals surface area contributed by atoms with Crippen LogP contribution >= 0.6 is 0 Å². The molecule has 4 nitrogen and oxygen atoms in total. The summed E-state index contributed by atoms with van der Waals surface area (Å²) < 4.78 is 83.6. The van der Waals surface area contributed by atoms with Crippen LogP contribution in [-0.2, 0) is 19.3 Å². The SMILES string of the molecule is FC(F)(F)Cn1nc(-c2ccc(C(F)(F)F)cc2)cc1COc1cc2ccccc2[nH]1. The third kappa shape index (κ3) is 4.84. The van der Waals surface area contributed by atoms with Crippen molar-refractivity contribution < 1.29 is 31.1 Å². The second kappa shape index (κ2) is 7.68. The Labute approximate surface area is 172 Å². The topological polar surface area (TPSA) is 42.8 Å². The van der Waals surface area contributed by atoms with Gasteiger partial charge < -0.3 is 9.72 Å². The normalized spacial score (nSPS) is 12.5. The van der Waals surface area contributed by atoms with Crippen molar-refractivity contribution in [1.29, 1.82) is 0 Å². The van der Waals surface area contributed by atoms with E-state index in [1.807, 2.05) is 24.3 Å². The molecule has 162 valence electrons. The van der Waals surface area contributed by atoms with Gasteiger partial charge in [-0.15, -0.1) is 0 Å². The molecule has 0 spiro atoms. The Morgan fingerprint density at radius 3 is 2.26 bits per heavy atom. The van der Waals surface area contributed by atoms with E-state index in [0.29, 0.717) is 5.88 Å². The fourth-order valence-corrected chi connectivity index (χ4v) is 3.13. The quantitative estimate of drug-likeness (QED) is 0.377. The van der Waals surface area contributed by atoms with Crippen LogP contribution in [-0.4, -0.2) is 20.9 Å². The van der Waals surface area contributed by atoms with Gasteiger partial charge in [-0.25, -0.2) is 0 Å². The molecule has 10 heteroatoms. The Morgan fingerprint density at radius 1 is 0.903 bits per heavy atom. The highest BCUT2D eigenvalue weighted by Crippen LogP contribution is 2.31. The van der Waals surface area contributed by atoms with E-state index in [-0.39, 0.29) is 23.6 Å². The average molecular weight is 439 g/mol. The van der Waals surface area contributed by atoms with E-state index in [1.54, 1.807) is 6.07 Å². The lowest BCUT2D eigenvalue weighted by Crippen LogP contribution is -2.21. The largest absolute Gasteiger partial charge is 0.472 e. The number of alkyl halides is 6. The highest BCUT2D eigenvalue weighted by atomic mass is 19.4. The maximum atomic E-state index is 13.0. The summed E-state index contributed by atoms with van der Waals surface area (Å²) in [4.78, 5) is 3.01. The van der Waals surface area contributed by atoms with Gasteiger partial charge >= 0.3 is 12.4 Å². The van der Waals surface area contributed by atoms with Crippen LogP contribution in [0.25, 0.3) is 22.2 Å². The first-order chi connectivity index (χ1) is 14.6. The predicted octanol–water partition coefficient (Wildman–Crippen LogP) is 6.19. The van der Waals surface area contributed by atoms with Crippen LogP contribution in [0.1, 0.15) is 11.3 Å². The smallest absolute Gasteiger partial charge is 0.416 e. The van der Waals surface area contributed by atoms with Crippen LogP contribution in [0.2, 0.25) is 0 Å². The number of nitrogens with one attached hydrogen (secondary N) is 1. The first-order valence-corrected chi connectivity index (χ1v) is 9.10. The molecule has 4 rings (SSSR count). The molecule has 2 aromatic heterocycles. The van der Waals surface area contributed by atoms with Crippen molar-refractivity contribution in [3.05, 3.63) is 71.9 Å². The van der Waals surface area contributed by atoms with Gasteiger partial charge in [0, 0.05) is 22.5 Å². The number of fused-ring (bicyclic) bond motifs is 1. The standard InChI is InChI=1S/C21H15F6N3O/c22-20(23,24)12-30-16(11-31-19-9-14-3-1-2-4-17(14)28-19)10-18(29-30)13-5-7-15(8-6-13)21(25,26)27/h1-10,28H,11-12H2. The molecular weight excluding hydrogens is 424 g/mol. The number of benzene rings is 2. The first kappa shape index (κ1) is 20.8. The number of para-hydroxylation sites is 1. The number of rotatable bonds is 5. The van der Waals surface area contributed by atoms with Gasteiger partial charge in [-0.3, -0.25) is 4.68 Å². The van der Waals surface area contributed by atoms with Crippen molar-refractivity contribution in [3.8, 4) is 17.1 Å². The second-order valence-electron chi connectivity index (χ2n) is 6.88. The van der Waals surface area contributed by atoms with Gasteiger partial charge in [0.15, 0.2) is 5.88 Å². The minimum absolute atomic E-state index is 0.119. The zero-order chi connectivity index (χ0) is 22.2. The van der Waals surface area contributed by atoms with Crippen LogP contribution in [0.3, 0.4) is 0 Å². The summed E-state index contributed by atoms with van der Waals surface area (Å²) in [5, 5.41) is 4.82. The summed E-state index contributed by atoms with van der Waals surface area (Å²) in [6.07, 6.45) is -9.04. The van der Waals surface area contributed by atoms with E-state index in [9.17, 15) is 26.3 Å². The van der Waals surface area contributed by atoms with E-state index in [4.69, 9.17) is 4.74 Å². The highest BCUT2D eigenvalue weighted by Gasteiger charge is 2.31. The molecular formula is C21H15F6N3O. The number of aromatic nitrogens is 3. The molecule has 0 bridgehead atoms. The molecule has 2 heterocycles. The van der Waals surface area contributed by atoms with E-state index >= 15 is 0 Å². The van der Waals surface area contributed by atoms with Gasteiger partial charge in [0.05, 0.1) is 17.0 Å². The van der Waals surface area contributed by atoms with Gasteiger partial charge in [0.2, 0.25) is 0 Å². The maximum absolute atomic E-state index is 13.0. The molecule has 0 aliphatic carbocycles. The van der Waals surface area contributed by atoms with Crippen molar-refractivity contribution in [2.24, 2.45) is 0 Å². The molecule has 0 radical (unpaired) electrons. The number of hydrogen-bond acceptors (Lipinski definition) is 2. The van der Waals surface area contributed by atoms with E-state index < -0.39 is 24.5 Å². The molecule has 0 aliphatic rings. The minimum Gasteiger partial charge on any atom is -0.472 e. The van der Waals surface area contributed by atoms with Crippen molar-refractivity contribution in [2.75, 3.05) is 0 Å². The Morgan fingerprint density at radius 2 is 1.61 bits per heavy atom. The fourth-order valence-electron chi connectivity index (χ4n) is 3.13. The molecule has 0 fully saturated rings. The first-order valence-electron chi connectivity index (χ1n) is 9.10. The molecule has 0 unspecified atom stereocenters. The molecule has 0 saturated carbocycles. The number of halogens is 6. The lowest BCUT2D eigenvalue weighted by Gasteiger charge is -2.10. The fraction of sp³-hybridized carbons (Fsp3) is 0.190. The van der Waals surface area contributed by atoms with Crippen LogP contribution in [0, 0.1) is 0 Å². The third-order valence-corrected chi connectivity index (χ3v) is 4.58. The molecule has 0 amide bonds. The number of ether oxygens (including phenoxy) is 1. The highest BCUT2D eigenvalue weighted by molar-refractivity contribution is 5.81. The summed E-state index contributed by atoms with van der Waals surface area (Å²) >= 11 is 0. The zero-order valence-corrected chi connectivity index (χ0v) is 15.8. The Balaban J connectivity index is 1.60. The minimum atomic E-state index is -4.53. The van der Waals surface area contributed by atoms with E-state index in [0.717, 1.165) is 27.7 Å². The Bertz CT molecular complexity index is 1160. The van der Waals surface area contributed by atoms with Crippen molar-refractivity contribution >= 4 is 10.9 Å². The summed E-state index contributed by atoms with van der Waals surface area (Å²) in [6, 6.07) is 14.5. The summed E-state index contributed by atoms with van der Waals surface area (Å²) in [6.45, 7) is -1.56. The Hall–Kier alpha value is -3.43. The average Bonchev–Trinajstić information content (AvgIpc) is 3.28. The second-order valence-corrected chi connectivity index (χ2v) is 6.88. The lowest BCUT2D eigenvalue weighted by molar-refractivity contribution is -0.143. The van der Waals surface area contributed by atoms with Crippen molar-refractivity contribution in [1.82, 2.24) is 14.8 Å². The number of hydrogen-bond donors (Lipinski definition) is 1. The molecule has 4 aromatic rings. The molecule has 1 N–H and O–H groups in total. The molecule has 0 atom stereocenters. The zero-order valence-electron chi connectivity index (χ0n) is 15.8.